The van der Waals surface area contributed by atoms with Crippen molar-refractivity contribution in [1.82, 2.24) is 10.2 Å². The highest BCUT2D eigenvalue weighted by Gasteiger charge is 2.13. The molecule has 0 bridgehead atoms. The van der Waals surface area contributed by atoms with Gasteiger partial charge in [0.25, 0.3) is 0 Å². The molecule has 2 aromatic carbocycles. The second kappa shape index (κ2) is 7.39. The van der Waals surface area contributed by atoms with E-state index in [9.17, 15) is 0 Å². The van der Waals surface area contributed by atoms with E-state index in [2.05, 4.69) is 86.7 Å². The molecular formula is C19H26N2. The van der Waals surface area contributed by atoms with Crippen LogP contribution >= 0.6 is 0 Å². The quantitative estimate of drug-likeness (QED) is 0.869. The van der Waals surface area contributed by atoms with E-state index in [0.29, 0.717) is 6.04 Å². The second-order valence-electron chi connectivity index (χ2n) is 5.95. The highest BCUT2D eigenvalue weighted by molar-refractivity contribution is 5.30. The van der Waals surface area contributed by atoms with Gasteiger partial charge in [-0.25, -0.2) is 0 Å². The molecule has 1 unspecified atom stereocenters. The molecule has 2 aromatic rings. The maximum atomic E-state index is 3.60. The van der Waals surface area contributed by atoms with Gasteiger partial charge < -0.3 is 10.2 Å². The van der Waals surface area contributed by atoms with Crippen LogP contribution < -0.4 is 5.32 Å². The van der Waals surface area contributed by atoms with Crippen molar-refractivity contribution in [2.24, 2.45) is 0 Å². The predicted octanol–water partition coefficient (Wildman–Crippen LogP) is 3.70. The first-order valence-electron chi connectivity index (χ1n) is 7.56. The van der Waals surface area contributed by atoms with Crippen LogP contribution in [0.15, 0.2) is 48.5 Å². The maximum absolute atomic E-state index is 3.60. The molecule has 0 aliphatic heterocycles. The van der Waals surface area contributed by atoms with Crippen molar-refractivity contribution in [3.63, 3.8) is 0 Å². The van der Waals surface area contributed by atoms with E-state index in [1.165, 1.54) is 22.3 Å². The van der Waals surface area contributed by atoms with Crippen LogP contribution in [0.3, 0.4) is 0 Å². The van der Waals surface area contributed by atoms with Crippen molar-refractivity contribution < 1.29 is 0 Å². The van der Waals surface area contributed by atoms with Gasteiger partial charge in [-0.05, 0) is 44.6 Å². The van der Waals surface area contributed by atoms with Crippen LogP contribution in [0.1, 0.15) is 28.3 Å². The zero-order chi connectivity index (χ0) is 15.2. The SMILES string of the molecule is Cc1ccc(CNCC(c2ccccc2)N(C)C)c(C)c1. The Morgan fingerprint density at radius 3 is 2.33 bits per heavy atom. The molecule has 112 valence electrons. The van der Waals surface area contributed by atoms with Crippen molar-refractivity contribution in [1.29, 1.82) is 0 Å². The number of nitrogens with one attached hydrogen (secondary N) is 1. The summed E-state index contributed by atoms with van der Waals surface area (Å²) < 4.78 is 0. The number of aryl methyl sites for hydroxylation is 2. The first-order chi connectivity index (χ1) is 10.1. The van der Waals surface area contributed by atoms with Crippen LogP contribution in [0.5, 0.6) is 0 Å². The summed E-state index contributed by atoms with van der Waals surface area (Å²) >= 11 is 0. The Morgan fingerprint density at radius 1 is 1.00 bits per heavy atom. The Hall–Kier alpha value is -1.64. The molecule has 2 heteroatoms. The smallest absolute Gasteiger partial charge is 0.0466 e. The van der Waals surface area contributed by atoms with Gasteiger partial charge in [0.1, 0.15) is 0 Å². The summed E-state index contributed by atoms with van der Waals surface area (Å²) in [7, 11) is 4.27. The fraction of sp³-hybridized carbons (Fsp3) is 0.368. The zero-order valence-corrected chi connectivity index (χ0v) is 13.6. The van der Waals surface area contributed by atoms with Crippen molar-refractivity contribution in [2.45, 2.75) is 26.4 Å². The summed E-state index contributed by atoms with van der Waals surface area (Å²) in [5, 5.41) is 3.60. The lowest BCUT2D eigenvalue weighted by Crippen LogP contribution is -2.30. The predicted molar refractivity (Wildman–Crippen MR) is 90.5 cm³/mol. The van der Waals surface area contributed by atoms with E-state index in [1.807, 2.05) is 0 Å². The minimum absolute atomic E-state index is 0.400. The molecule has 0 radical (unpaired) electrons. The standard InChI is InChI=1S/C19H26N2/c1-15-10-11-18(16(2)12-15)13-20-14-19(21(3)4)17-8-6-5-7-9-17/h5-12,19-20H,13-14H2,1-4H3. The average Bonchev–Trinajstić information content (AvgIpc) is 2.46. The molecular weight excluding hydrogens is 256 g/mol. The lowest BCUT2D eigenvalue weighted by atomic mass is 10.0. The fourth-order valence-corrected chi connectivity index (χ4v) is 2.66. The van der Waals surface area contributed by atoms with Crippen LogP contribution in [0.2, 0.25) is 0 Å². The molecule has 0 fully saturated rings. The largest absolute Gasteiger partial charge is 0.311 e. The summed E-state index contributed by atoms with van der Waals surface area (Å²) in [5.74, 6) is 0. The van der Waals surface area contributed by atoms with Crippen LogP contribution in [-0.4, -0.2) is 25.5 Å². The van der Waals surface area contributed by atoms with Gasteiger partial charge in [-0.1, -0.05) is 54.1 Å². The van der Waals surface area contributed by atoms with Crippen LogP contribution in [-0.2, 0) is 6.54 Å². The van der Waals surface area contributed by atoms with Gasteiger partial charge in [-0.3, -0.25) is 0 Å². The summed E-state index contributed by atoms with van der Waals surface area (Å²) in [5.41, 5.74) is 5.43. The highest BCUT2D eigenvalue weighted by atomic mass is 15.1. The molecule has 21 heavy (non-hydrogen) atoms. The minimum Gasteiger partial charge on any atom is -0.311 e. The average molecular weight is 282 g/mol. The van der Waals surface area contributed by atoms with Crippen LogP contribution in [0, 0.1) is 13.8 Å². The van der Waals surface area contributed by atoms with Gasteiger partial charge in [0.2, 0.25) is 0 Å². The topological polar surface area (TPSA) is 15.3 Å². The molecule has 2 nitrogen and oxygen atoms in total. The number of hydrogen-bond acceptors (Lipinski definition) is 2. The second-order valence-corrected chi connectivity index (χ2v) is 5.95. The van der Waals surface area contributed by atoms with Gasteiger partial charge in [0.05, 0.1) is 0 Å². The first-order valence-corrected chi connectivity index (χ1v) is 7.56. The number of benzene rings is 2. The lowest BCUT2D eigenvalue weighted by Gasteiger charge is -2.25. The molecule has 1 atom stereocenters. The van der Waals surface area contributed by atoms with Crippen LogP contribution in [0.4, 0.5) is 0 Å². The molecule has 0 spiro atoms. The number of nitrogens with zero attached hydrogens (tertiary/aromatic N) is 1. The number of rotatable bonds is 6. The van der Waals surface area contributed by atoms with Gasteiger partial charge in [0, 0.05) is 19.1 Å². The molecule has 0 saturated heterocycles. The van der Waals surface area contributed by atoms with Crippen molar-refractivity contribution in [2.75, 3.05) is 20.6 Å². The van der Waals surface area contributed by atoms with Crippen LogP contribution in [0.25, 0.3) is 0 Å². The Bertz CT molecular complexity index is 561. The maximum Gasteiger partial charge on any atom is 0.0466 e. The van der Waals surface area contributed by atoms with E-state index >= 15 is 0 Å². The molecule has 0 saturated carbocycles. The Balaban J connectivity index is 1.97. The lowest BCUT2D eigenvalue weighted by molar-refractivity contribution is 0.288. The Morgan fingerprint density at radius 2 is 1.71 bits per heavy atom. The van der Waals surface area contributed by atoms with Crippen molar-refractivity contribution in [3.05, 3.63) is 70.8 Å². The molecule has 0 amide bonds. The zero-order valence-electron chi connectivity index (χ0n) is 13.6. The molecule has 0 aromatic heterocycles. The van der Waals surface area contributed by atoms with E-state index in [0.717, 1.165) is 13.1 Å². The third-order valence-corrected chi connectivity index (χ3v) is 3.96. The molecule has 2 rings (SSSR count). The van der Waals surface area contributed by atoms with Gasteiger partial charge >= 0.3 is 0 Å². The van der Waals surface area contributed by atoms with Crippen molar-refractivity contribution >= 4 is 0 Å². The summed E-state index contributed by atoms with van der Waals surface area (Å²) in [4.78, 5) is 2.27. The Kier molecular flexibility index (Phi) is 5.54. The normalized spacial score (nSPS) is 12.6. The highest BCUT2D eigenvalue weighted by Crippen LogP contribution is 2.17. The third-order valence-electron chi connectivity index (χ3n) is 3.96. The molecule has 0 aliphatic rings. The van der Waals surface area contributed by atoms with Crippen molar-refractivity contribution in [3.8, 4) is 0 Å². The third kappa shape index (κ3) is 4.42. The summed E-state index contributed by atoms with van der Waals surface area (Å²) in [6.45, 7) is 6.19. The number of hydrogen-bond donors (Lipinski definition) is 1. The molecule has 0 aliphatic carbocycles. The molecule has 0 heterocycles. The monoisotopic (exact) mass is 282 g/mol. The van der Waals surface area contributed by atoms with E-state index in [1.54, 1.807) is 0 Å². The number of likely N-dealkylation sites (N-methyl/N-ethyl adjacent to an activating group) is 1. The summed E-state index contributed by atoms with van der Waals surface area (Å²) in [6.07, 6.45) is 0. The minimum atomic E-state index is 0.400. The van der Waals surface area contributed by atoms with E-state index in [4.69, 9.17) is 0 Å². The summed E-state index contributed by atoms with van der Waals surface area (Å²) in [6, 6.07) is 17.7. The van der Waals surface area contributed by atoms with E-state index in [-0.39, 0.29) is 0 Å². The van der Waals surface area contributed by atoms with E-state index < -0.39 is 0 Å². The van der Waals surface area contributed by atoms with Gasteiger partial charge in [-0.15, -0.1) is 0 Å². The van der Waals surface area contributed by atoms with Gasteiger partial charge in [0.15, 0.2) is 0 Å². The van der Waals surface area contributed by atoms with Gasteiger partial charge in [-0.2, -0.15) is 0 Å². The first kappa shape index (κ1) is 15.7. The molecule has 1 N–H and O–H groups in total. The fourth-order valence-electron chi connectivity index (χ4n) is 2.66. The Labute approximate surface area is 128 Å².